The van der Waals surface area contributed by atoms with Gasteiger partial charge >= 0.3 is 5.96 Å². The molecule has 0 fully saturated rings. The molecule has 0 aromatic carbocycles. The molecule has 1 rings (SSSR count). The van der Waals surface area contributed by atoms with Gasteiger partial charge in [0.2, 0.25) is 0 Å². The van der Waals surface area contributed by atoms with Crippen molar-refractivity contribution in [2.24, 2.45) is 28.1 Å². The Morgan fingerprint density at radius 3 is 2.61 bits per heavy atom. The highest BCUT2D eigenvalue weighted by Crippen LogP contribution is 2.09. The molecule has 5 nitrogen and oxygen atoms in total. The van der Waals surface area contributed by atoms with Gasteiger partial charge in [0.15, 0.2) is 0 Å². The van der Waals surface area contributed by atoms with E-state index in [0.29, 0.717) is 11.9 Å². The fourth-order valence-corrected chi connectivity index (χ4v) is 2.34. The molecule has 0 bridgehead atoms. The summed E-state index contributed by atoms with van der Waals surface area (Å²) in [7, 11) is 0. The maximum Gasteiger partial charge on any atom is 0.388 e. The number of hydrogen-bond acceptors (Lipinski definition) is 1. The zero-order valence-electron chi connectivity index (χ0n) is 11.0. The van der Waals surface area contributed by atoms with Crippen LogP contribution in [-0.4, -0.2) is 29.6 Å². The Hall–Kier alpha value is -1.56. The summed E-state index contributed by atoms with van der Waals surface area (Å²) < 4.78 is 2.02. The first-order valence-corrected chi connectivity index (χ1v) is 6.86. The fraction of sp³-hybridized carbons (Fsp3) is 0.500. The average molecular weight is 268 g/mol. The molecule has 18 heavy (non-hydrogen) atoms. The Morgan fingerprint density at radius 1 is 1.39 bits per heavy atom. The van der Waals surface area contributed by atoms with Crippen LogP contribution in [-0.2, 0) is 6.42 Å². The minimum absolute atomic E-state index is 0.00243. The van der Waals surface area contributed by atoms with Crippen molar-refractivity contribution in [2.45, 2.75) is 20.3 Å². The number of thiophene rings is 1. The minimum Gasteiger partial charge on any atom is -0.356 e. The number of rotatable bonds is 5. The van der Waals surface area contributed by atoms with Crippen LogP contribution in [0.5, 0.6) is 0 Å². The molecule has 1 heterocycles. The largest absolute Gasteiger partial charge is 0.388 e. The number of nitrogens with zero attached hydrogens (tertiary/aromatic N) is 2. The van der Waals surface area contributed by atoms with Crippen molar-refractivity contribution >= 4 is 23.3 Å². The normalized spacial score (nSPS) is 12.4. The molecule has 0 spiro atoms. The highest BCUT2D eigenvalue weighted by Gasteiger charge is 2.11. The standard InChI is InChI=1S/C12H21N5S/c1-9(2)8-17(12(15)16-11(13)14)6-5-10-4-3-7-18-10/h3-4,7,9H,5-6,8H2,1-2H3,(H5,13,14,15,16)/p+1. The SMILES string of the molecule is CC(C)C[N+](CCc1cccs1)=C(N)N=C(N)N. The Labute approximate surface area is 112 Å². The summed E-state index contributed by atoms with van der Waals surface area (Å²) in [6.07, 6.45) is 0.949. The van der Waals surface area contributed by atoms with E-state index in [4.69, 9.17) is 17.2 Å². The maximum atomic E-state index is 5.91. The van der Waals surface area contributed by atoms with Crippen molar-refractivity contribution in [1.29, 1.82) is 0 Å². The van der Waals surface area contributed by atoms with E-state index in [-0.39, 0.29) is 5.96 Å². The van der Waals surface area contributed by atoms with Crippen LogP contribution in [0.4, 0.5) is 0 Å². The number of hydrogen-bond donors (Lipinski definition) is 3. The summed E-state index contributed by atoms with van der Waals surface area (Å²) in [4.78, 5) is 5.26. The summed E-state index contributed by atoms with van der Waals surface area (Å²) in [6.45, 7) is 5.94. The van der Waals surface area contributed by atoms with Gasteiger partial charge in [0.05, 0.1) is 13.1 Å². The molecular weight excluding hydrogens is 246 g/mol. The van der Waals surface area contributed by atoms with Crippen LogP contribution >= 0.6 is 11.3 Å². The zero-order chi connectivity index (χ0) is 13.5. The molecule has 0 saturated heterocycles. The van der Waals surface area contributed by atoms with Gasteiger partial charge in [-0.1, -0.05) is 19.9 Å². The van der Waals surface area contributed by atoms with E-state index in [0.717, 1.165) is 19.5 Å². The van der Waals surface area contributed by atoms with E-state index in [1.165, 1.54) is 4.88 Å². The van der Waals surface area contributed by atoms with Crippen molar-refractivity contribution in [3.8, 4) is 0 Å². The van der Waals surface area contributed by atoms with Crippen LogP contribution in [0.2, 0.25) is 0 Å². The highest BCUT2D eigenvalue weighted by atomic mass is 32.1. The molecule has 0 amide bonds. The van der Waals surface area contributed by atoms with Crippen LogP contribution in [0.25, 0.3) is 0 Å². The van der Waals surface area contributed by atoms with Gasteiger partial charge in [-0.3, -0.25) is 10.3 Å². The lowest BCUT2D eigenvalue weighted by Gasteiger charge is -2.10. The Balaban J connectivity index is 2.75. The molecular formula is C12H22N5S+. The van der Waals surface area contributed by atoms with Crippen molar-refractivity contribution in [3.63, 3.8) is 0 Å². The maximum absolute atomic E-state index is 5.91. The molecule has 0 saturated carbocycles. The van der Waals surface area contributed by atoms with Gasteiger partial charge in [-0.25, -0.2) is 0 Å². The third-order valence-corrected chi connectivity index (χ3v) is 3.30. The third-order valence-electron chi connectivity index (χ3n) is 2.36. The summed E-state index contributed by atoms with van der Waals surface area (Å²) in [5, 5.41) is 2.07. The first kappa shape index (κ1) is 14.5. The Morgan fingerprint density at radius 2 is 2.11 bits per heavy atom. The van der Waals surface area contributed by atoms with Crippen molar-refractivity contribution in [1.82, 2.24) is 0 Å². The lowest BCUT2D eigenvalue weighted by molar-refractivity contribution is -0.534. The quantitative estimate of drug-likeness (QED) is 0.413. The predicted octanol–water partition coefficient (Wildman–Crippen LogP) is 0.547. The molecule has 0 unspecified atom stereocenters. The molecule has 0 radical (unpaired) electrons. The second-order valence-electron chi connectivity index (χ2n) is 4.56. The molecule has 0 aliphatic heterocycles. The average Bonchev–Trinajstić information content (AvgIpc) is 2.75. The molecule has 6 heteroatoms. The molecule has 100 valence electrons. The van der Waals surface area contributed by atoms with Crippen LogP contribution in [0.3, 0.4) is 0 Å². The Bertz CT molecular complexity index is 416. The molecule has 1 aromatic rings. The van der Waals surface area contributed by atoms with Crippen LogP contribution in [0, 0.1) is 5.92 Å². The van der Waals surface area contributed by atoms with Crippen LogP contribution < -0.4 is 17.2 Å². The predicted molar refractivity (Wildman–Crippen MR) is 77.9 cm³/mol. The molecule has 0 atom stereocenters. The van der Waals surface area contributed by atoms with E-state index >= 15 is 0 Å². The first-order valence-electron chi connectivity index (χ1n) is 5.98. The summed E-state index contributed by atoms with van der Waals surface area (Å²) in [6, 6.07) is 4.17. The monoisotopic (exact) mass is 268 g/mol. The van der Waals surface area contributed by atoms with Gasteiger partial charge in [-0.2, -0.15) is 0 Å². The molecule has 1 aromatic heterocycles. The van der Waals surface area contributed by atoms with Crippen molar-refractivity contribution in [2.75, 3.05) is 13.1 Å². The number of guanidine groups is 2. The molecule has 0 aliphatic rings. The van der Waals surface area contributed by atoms with Crippen molar-refractivity contribution < 1.29 is 4.58 Å². The van der Waals surface area contributed by atoms with Gasteiger partial charge in [-0.05, 0) is 22.4 Å². The number of nitrogens with two attached hydrogens (primary N) is 3. The molecule has 6 N–H and O–H groups in total. The van der Waals surface area contributed by atoms with Crippen LogP contribution in [0.1, 0.15) is 18.7 Å². The summed E-state index contributed by atoms with van der Waals surface area (Å²) in [5.41, 5.74) is 16.6. The Kier molecular flexibility index (Phi) is 5.64. The van der Waals surface area contributed by atoms with Crippen LogP contribution in [0.15, 0.2) is 22.5 Å². The number of aliphatic imine (C=N–C) groups is 1. The second kappa shape index (κ2) is 7.00. The first-order chi connectivity index (χ1) is 8.49. The fourth-order valence-electron chi connectivity index (χ4n) is 1.64. The van der Waals surface area contributed by atoms with Gasteiger partial charge in [0.1, 0.15) is 0 Å². The lowest BCUT2D eigenvalue weighted by atomic mass is 10.2. The smallest absolute Gasteiger partial charge is 0.356 e. The third kappa shape index (κ3) is 5.18. The van der Waals surface area contributed by atoms with E-state index < -0.39 is 0 Å². The second-order valence-corrected chi connectivity index (χ2v) is 5.60. The summed E-state index contributed by atoms with van der Waals surface area (Å²) in [5.74, 6) is 0.888. The van der Waals surface area contributed by atoms with Gasteiger partial charge in [-0.15, -0.1) is 11.3 Å². The van der Waals surface area contributed by atoms with E-state index in [2.05, 4.69) is 36.4 Å². The molecule has 0 aliphatic carbocycles. The zero-order valence-corrected chi connectivity index (χ0v) is 11.8. The van der Waals surface area contributed by atoms with E-state index in [1.54, 1.807) is 11.3 Å². The van der Waals surface area contributed by atoms with Gasteiger partial charge in [0.25, 0.3) is 5.96 Å². The highest BCUT2D eigenvalue weighted by molar-refractivity contribution is 7.09. The van der Waals surface area contributed by atoms with Gasteiger partial charge < -0.3 is 11.5 Å². The minimum atomic E-state index is -0.00243. The lowest BCUT2D eigenvalue weighted by Crippen LogP contribution is -2.35. The van der Waals surface area contributed by atoms with Gasteiger partial charge in [0, 0.05) is 11.3 Å². The van der Waals surface area contributed by atoms with E-state index in [9.17, 15) is 0 Å². The van der Waals surface area contributed by atoms with E-state index in [1.807, 2.05) is 4.58 Å². The topological polar surface area (TPSA) is 93.4 Å². The summed E-state index contributed by atoms with van der Waals surface area (Å²) >= 11 is 1.75. The van der Waals surface area contributed by atoms with Crippen molar-refractivity contribution in [3.05, 3.63) is 22.4 Å².